The number of pyridine rings is 2. The van der Waals surface area contributed by atoms with Gasteiger partial charge < -0.3 is 15.1 Å². The number of hydrogen-bond donors (Lipinski definition) is 1. The molecule has 0 unspecified atom stereocenters. The van der Waals surface area contributed by atoms with E-state index in [0.717, 1.165) is 18.9 Å². The summed E-state index contributed by atoms with van der Waals surface area (Å²) in [4.78, 5) is 37.2. The van der Waals surface area contributed by atoms with Gasteiger partial charge in [-0.15, -0.1) is 0 Å². The fourth-order valence-corrected chi connectivity index (χ4v) is 2.89. The minimum atomic E-state index is -0.220. The number of carbonyl (C=O) groups is 2. The van der Waals surface area contributed by atoms with Crippen LogP contribution >= 0.6 is 0 Å². The fraction of sp³-hybridized carbons (Fsp3) is 0.368. The molecule has 1 aliphatic rings. The molecule has 1 N–H and O–H groups in total. The Balaban J connectivity index is 1.64. The van der Waals surface area contributed by atoms with Crippen LogP contribution in [-0.4, -0.2) is 58.9 Å². The van der Waals surface area contributed by atoms with Gasteiger partial charge in [0.05, 0.1) is 11.1 Å². The van der Waals surface area contributed by atoms with E-state index in [1.165, 1.54) is 12.4 Å². The first kappa shape index (κ1) is 17.8. The number of amides is 2. The molecule has 1 aliphatic heterocycles. The number of anilines is 1. The molecule has 7 heteroatoms. The van der Waals surface area contributed by atoms with Crippen LogP contribution in [0.4, 0.5) is 5.82 Å². The van der Waals surface area contributed by atoms with Crippen molar-refractivity contribution in [3.05, 3.63) is 54.0 Å². The van der Waals surface area contributed by atoms with Crippen molar-refractivity contribution in [3.63, 3.8) is 0 Å². The van der Waals surface area contributed by atoms with Gasteiger partial charge >= 0.3 is 0 Å². The Hall–Kier alpha value is -2.96. The third-order valence-corrected chi connectivity index (χ3v) is 4.21. The van der Waals surface area contributed by atoms with Gasteiger partial charge in [-0.05, 0) is 32.0 Å². The summed E-state index contributed by atoms with van der Waals surface area (Å²) in [6.45, 7) is 6.45. The largest absolute Gasteiger partial charge is 0.353 e. The minimum Gasteiger partial charge on any atom is -0.353 e. The molecule has 0 spiro atoms. The van der Waals surface area contributed by atoms with Crippen LogP contribution in [0.25, 0.3) is 0 Å². The van der Waals surface area contributed by atoms with Crippen molar-refractivity contribution >= 4 is 17.6 Å². The van der Waals surface area contributed by atoms with E-state index in [4.69, 9.17) is 0 Å². The lowest BCUT2D eigenvalue weighted by Crippen LogP contribution is -2.49. The summed E-state index contributed by atoms with van der Waals surface area (Å²) in [7, 11) is 0. The highest BCUT2D eigenvalue weighted by Crippen LogP contribution is 2.15. The van der Waals surface area contributed by atoms with E-state index < -0.39 is 0 Å². The van der Waals surface area contributed by atoms with Crippen LogP contribution in [0.2, 0.25) is 0 Å². The van der Waals surface area contributed by atoms with E-state index in [9.17, 15) is 9.59 Å². The van der Waals surface area contributed by atoms with Crippen molar-refractivity contribution in [3.8, 4) is 0 Å². The Morgan fingerprint density at radius 3 is 2.46 bits per heavy atom. The number of nitrogens with one attached hydrogen (secondary N) is 1. The smallest absolute Gasteiger partial charge is 0.255 e. The topological polar surface area (TPSA) is 78.4 Å². The van der Waals surface area contributed by atoms with Crippen molar-refractivity contribution < 1.29 is 9.59 Å². The van der Waals surface area contributed by atoms with Gasteiger partial charge in [0, 0.05) is 50.8 Å². The Morgan fingerprint density at radius 2 is 1.81 bits per heavy atom. The summed E-state index contributed by atoms with van der Waals surface area (Å²) >= 11 is 0. The summed E-state index contributed by atoms with van der Waals surface area (Å²) in [6, 6.07) is 7.45. The first-order valence-electron chi connectivity index (χ1n) is 8.76. The quantitative estimate of drug-likeness (QED) is 0.903. The molecule has 2 aromatic rings. The van der Waals surface area contributed by atoms with Crippen LogP contribution in [0, 0.1) is 0 Å². The number of hydrogen-bond acceptors (Lipinski definition) is 5. The average Bonchev–Trinajstić information content (AvgIpc) is 2.68. The van der Waals surface area contributed by atoms with Crippen LogP contribution in [0.5, 0.6) is 0 Å². The van der Waals surface area contributed by atoms with E-state index in [0.29, 0.717) is 24.2 Å². The predicted molar refractivity (Wildman–Crippen MR) is 99.2 cm³/mol. The molecule has 2 aromatic heterocycles. The summed E-state index contributed by atoms with van der Waals surface area (Å²) in [5.41, 5.74) is 0.837. The molecule has 1 fully saturated rings. The number of aromatic nitrogens is 2. The van der Waals surface area contributed by atoms with Crippen molar-refractivity contribution in [1.29, 1.82) is 0 Å². The molecule has 0 radical (unpaired) electrons. The third-order valence-electron chi connectivity index (χ3n) is 4.21. The lowest BCUT2D eigenvalue weighted by Gasteiger charge is -2.35. The Bertz CT molecular complexity index is 771. The summed E-state index contributed by atoms with van der Waals surface area (Å²) in [5.74, 6) is 0.605. The van der Waals surface area contributed by atoms with Crippen molar-refractivity contribution in [2.24, 2.45) is 0 Å². The number of piperazine rings is 1. The van der Waals surface area contributed by atoms with E-state index in [1.54, 1.807) is 17.2 Å². The molecular formula is C19H23N5O2. The molecule has 0 aromatic carbocycles. The Morgan fingerprint density at radius 1 is 1.08 bits per heavy atom. The first-order chi connectivity index (χ1) is 12.5. The fourth-order valence-electron chi connectivity index (χ4n) is 2.89. The van der Waals surface area contributed by atoms with Crippen molar-refractivity contribution in [2.45, 2.75) is 19.9 Å². The molecular weight excluding hydrogens is 330 g/mol. The molecule has 0 bridgehead atoms. The Kier molecular flexibility index (Phi) is 5.46. The number of nitrogens with zero attached hydrogens (tertiary/aromatic N) is 4. The Labute approximate surface area is 153 Å². The maximum atomic E-state index is 12.8. The van der Waals surface area contributed by atoms with E-state index >= 15 is 0 Å². The molecule has 136 valence electrons. The van der Waals surface area contributed by atoms with Crippen LogP contribution in [0.15, 0.2) is 42.9 Å². The second-order valence-electron chi connectivity index (χ2n) is 6.56. The van der Waals surface area contributed by atoms with Gasteiger partial charge in [0.15, 0.2) is 0 Å². The van der Waals surface area contributed by atoms with Gasteiger partial charge in [0.1, 0.15) is 5.82 Å². The molecule has 2 amide bonds. The third kappa shape index (κ3) is 4.17. The van der Waals surface area contributed by atoms with E-state index in [1.807, 2.05) is 32.0 Å². The highest BCUT2D eigenvalue weighted by Gasteiger charge is 2.23. The second-order valence-corrected chi connectivity index (χ2v) is 6.56. The molecule has 0 saturated carbocycles. The van der Waals surface area contributed by atoms with Gasteiger partial charge in [-0.3, -0.25) is 14.6 Å². The summed E-state index contributed by atoms with van der Waals surface area (Å²) in [5, 5.41) is 2.81. The number of carbonyl (C=O) groups excluding carboxylic acids is 2. The average molecular weight is 353 g/mol. The minimum absolute atomic E-state index is 0.0292. The highest BCUT2D eigenvalue weighted by molar-refractivity contribution is 5.99. The van der Waals surface area contributed by atoms with E-state index in [-0.39, 0.29) is 17.9 Å². The monoisotopic (exact) mass is 353 g/mol. The van der Waals surface area contributed by atoms with E-state index in [2.05, 4.69) is 20.2 Å². The van der Waals surface area contributed by atoms with Crippen LogP contribution < -0.4 is 10.2 Å². The van der Waals surface area contributed by atoms with Crippen molar-refractivity contribution in [2.75, 3.05) is 31.1 Å². The van der Waals surface area contributed by atoms with Gasteiger partial charge in [0.2, 0.25) is 0 Å². The zero-order valence-corrected chi connectivity index (χ0v) is 15.1. The lowest BCUT2D eigenvalue weighted by atomic mass is 10.1. The summed E-state index contributed by atoms with van der Waals surface area (Å²) < 4.78 is 0. The first-order valence-corrected chi connectivity index (χ1v) is 8.76. The molecule has 0 aliphatic carbocycles. The van der Waals surface area contributed by atoms with Crippen LogP contribution in [-0.2, 0) is 0 Å². The van der Waals surface area contributed by atoms with Crippen molar-refractivity contribution in [1.82, 2.24) is 20.2 Å². The van der Waals surface area contributed by atoms with Crippen LogP contribution in [0.1, 0.15) is 34.6 Å². The van der Waals surface area contributed by atoms with Crippen LogP contribution in [0.3, 0.4) is 0 Å². The predicted octanol–water partition coefficient (Wildman–Crippen LogP) is 1.58. The molecule has 3 heterocycles. The van der Waals surface area contributed by atoms with Gasteiger partial charge in [-0.25, -0.2) is 4.98 Å². The highest BCUT2D eigenvalue weighted by atomic mass is 16.2. The van der Waals surface area contributed by atoms with Gasteiger partial charge in [0.25, 0.3) is 11.8 Å². The maximum Gasteiger partial charge on any atom is 0.255 e. The zero-order chi connectivity index (χ0) is 18.5. The zero-order valence-electron chi connectivity index (χ0n) is 15.1. The number of rotatable bonds is 4. The molecule has 7 nitrogen and oxygen atoms in total. The van der Waals surface area contributed by atoms with Gasteiger partial charge in [-0.2, -0.15) is 0 Å². The molecule has 3 rings (SSSR count). The van der Waals surface area contributed by atoms with Gasteiger partial charge in [-0.1, -0.05) is 6.07 Å². The standard InChI is InChI=1S/C19H23N5O2/c1-14(2)22-18(25)15-11-16(13-20-12-15)19(26)24-9-7-23(8-10-24)17-5-3-4-6-21-17/h3-6,11-14H,7-10H2,1-2H3,(H,22,25). The summed E-state index contributed by atoms with van der Waals surface area (Å²) in [6.07, 6.45) is 4.76. The normalized spacial score (nSPS) is 14.4. The molecule has 0 atom stereocenters. The SMILES string of the molecule is CC(C)NC(=O)c1cncc(C(=O)N2CCN(c3ccccn3)CC2)c1. The molecule has 26 heavy (non-hydrogen) atoms. The second kappa shape index (κ2) is 7.95. The molecule has 1 saturated heterocycles. The lowest BCUT2D eigenvalue weighted by molar-refractivity contribution is 0.0746. The maximum absolute atomic E-state index is 12.8.